The normalized spacial score (nSPS) is 23.5. The van der Waals surface area contributed by atoms with Gasteiger partial charge in [0, 0.05) is 19.6 Å². The molecule has 0 radical (unpaired) electrons. The molecule has 2 saturated heterocycles. The lowest BCUT2D eigenvalue weighted by Crippen LogP contribution is -2.73. The van der Waals surface area contributed by atoms with Crippen LogP contribution in [0.15, 0.2) is 30.3 Å². The Labute approximate surface area is 156 Å². The Morgan fingerprint density at radius 2 is 1.81 bits per heavy atom. The summed E-state index contributed by atoms with van der Waals surface area (Å²) >= 11 is 0. The van der Waals surface area contributed by atoms with Gasteiger partial charge in [-0.05, 0) is 44.2 Å². The van der Waals surface area contributed by atoms with E-state index in [2.05, 4.69) is 43.2 Å². The standard InChI is InChI=1S/C21H31N3O2/c1-16(2)15-18-19(25)24(12-9-17-7-5-4-6-8-17)21(20(26)22-18)10-13-23(3)14-11-21/h4-8,16,18H,9-15H2,1-3H3,(H,22,26). The highest BCUT2D eigenvalue weighted by Gasteiger charge is 2.53. The molecule has 0 aliphatic carbocycles. The fourth-order valence-corrected chi connectivity index (χ4v) is 4.20. The van der Waals surface area contributed by atoms with Gasteiger partial charge in [0.25, 0.3) is 0 Å². The van der Waals surface area contributed by atoms with E-state index in [9.17, 15) is 9.59 Å². The topological polar surface area (TPSA) is 52.7 Å². The second kappa shape index (κ2) is 7.78. The lowest BCUT2D eigenvalue weighted by molar-refractivity contribution is -0.161. The van der Waals surface area contributed by atoms with Gasteiger partial charge in [-0.1, -0.05) is 44.2 Å². The van der Waals surface area contributed by atoms with Crippen molar-refractivity contribution in [3.63, 3.8) is 0 Å². The van der Waals surface area contributed by atoms with Crippen LogP contribution in [0.5, 0.6) is 0 Å². The summed E-state index contributed by atoms with van der Waals surface area (Å²) in [7, 11) is 2.07. The SMILES string of the molecule is CC(C)CC1NC(=O)C2(CCN(C)CC2)N(CCc2ccccc2)C1=O. The molecule has 1 N–H and O–H groups in total. The van der Waals surface area contributed by atoms with Crippen LogP contribution in [0.3, 0.4) is 0 Å². The van der Waals surface area contributed by atoms with Crippen molar-refractivity contribution < 1.29 is 9.59 Å². The van der Waals surface area contributed by atoms with Gasteiger partial charge in [-0.15, -0.1) is 0 Å². The Kier molecular flexibility index (Phi) is 5.66. The van der Waals surface area contributed by atoms with Crippen LogP contribution >= 0.6 is 0 Å². The number of rotatable bonds is 5. The van der Waals surface area contributed by atoms with Gasteiger partial charge in [-0.25, -0.2) is 0 Å². The molecule has 5 nitrogen and oxygen atoms in total. The maximum atomic E-state index is 13.3. The molecule has 0 saturated carbocycles. The molecule has 26 heavy (non-hydrogen) atoms. The molecule has 142 valence electrons. The first-order valence-corrected chi connectivity index (χ1v) is 9.77. The van der Waals surface area contributed by atoms with Gasteiger partial charge in [0.05, 0.1) is 0 Å². The fourth-order valence-electron chi connectivity index (χ4n) is 4.20. The number of nitrogens with zero attached hydrogens (tertiary/aromatic N) is 2. The molecule has 3 rings (SSSR count). The average molecular weight is 357 g/mol. The molecule has 5 heteroatoms. The molecule has 0 bridgehead atoms. The van der Waals surface area contributed by atoms with Gasteiger partial charge in [0.15, 0.2) is 0 Å². The van der Waals surface area contributed by atoms with Crippen molar-refractivity contribution in [1.29, 1.82) is 0 Å². The fraction of sp³-hybridized carbons (Fsp3) is 0.619. The van der Waals surface area contributed by atoms with E-state index in [0.717, 1.165) is 19.5 Å². The van der Waals surface area contributed by atoms with Crippen molar-refractivity contribution in [3.8, 4) is 0 Å². The lowest BCUT2D eigenvalue weighted by Gasteiger charge is -2.51. The predicted octanol–water partition coefficient (Wildman–Crippen LogP) is 2.07. The zero-order valence-corrected chi connectivity index (χ0v) is 16.2. The van der Waals surface area contributed by atoms with Gasteiger partial charge in [-0.2, -0.15) is 0 Å². The Morgan fingerprint density at radius 3 is 2.42 bits per heavy atom. The molecule has 1 atom stereocenters. The summed E-state index contributed by atoms with van der Waals surface area (Å²) < 4.78 is 0. The maximum absolute atomic E-state index is 13.3. The van der Waals surface area contributed by atoms with E-state index in [0.29, 0.717) is 31.7 Å². The lowest BCUT2D eigenvalue weighted by atomic mass is 9.81. The average Bonchev–Trinajstić information content (AvgIpc) is 2.62. The van der Waals surface area contributed by atoms with Crippen LogP contribution in [0.2, 0.25) is 0 Å². The minimum atomic E-state index is -0.675. The Hall–Kier alpha value is -1.88. The number of benzene rings is 1. The third-order valence-corrected chi connectivity index (χ3v) is 5.80. The molecule has 1 aromatic rings. The van der Waals surface area contributed by atoms with Crippen molar-refractivity contribution in [2.75, 3.05) is 26.7 Å². The summed E-state index contributed by atoms with van der Waals surface area (Å²) in [6.45, 7) is 6.48. The highest BCUT2D eigenvalue weighted by molar-refractivity contribution is 6.00. The number of amides is 2. The van der Waals surface area contributed by atoms with Crippen molar-refractivity contribution in [2.24, 2.45) is 5.92 Å². The molecule has 2 fully saturated rings. The van der Waals surface area contributed by atoms with E-state index < -0.39 is 5.54 Å². The maximum Gasteiger partial charge on any atom is 0.246 e. The van der Waals surface area contributed by atoms with Gasteiger partial charge in [0.2, 0.25) is 11.8 Å². The number of hydrogen-bond donors (Lipinski definition) is 1. The first kappa shape index (κ1) is 18.9. The van der Waals surface area contributed by atoms with Gasteiger partial charge < -0.3 is 15.1 Å². The Bertz CT molecular complexity index is 636. The van der Waals surface area contributed by atoms with Crippen LogP contribution in [-0.2, 0) is 16.0 Å². The highest BCUT2D eigenvalue weighted by atomic mass is 16.2. The monoisotopic (exact) mass is 357 g/mol. The molecule has 2 aliphatic heterocycles. The van der Waals surface area contributed by atoms with Crippen LogP contribution in [0.25, 0.3) is 0 Å². The van der Waals surface area contributed by atoms with Crippen LogP contribution in [-0.4, -0.2) is 59.9 Å². The molecule has 0 aromatic heterocycles. The number of carbonyl (C=O) groups is 2. The molecule has 1 unspecified atom stereocenters. The quantitative estimate of drug-likeness (QED) is 0.878. The van der Waals surface area contributed by atoms with E-state index in [1.165, 1.54) is 5.56 Å². The molecule has 1 aromatic carbocycles. The van der Waals surface area contributed by atoms with E-state index >= 15 is 0 Å². The van der Waals surface area contributed by atoms with E-state index in [-0.39, 0.29) is 17.9 Å². The number of likely N-dealkylation sites (tertiary alicyclic amines) is 1. The van der Waals surface area contributed by atoms with Crippen LogP contribution in [0, 0.1) is 5.92 Å². The van der Waals surface area contributed by atoms with Crippen LogP contribution in [0.4, 0.5) is 0 Å². The van der Waals surface area contributed by atoms with Gasteiger partial charge >= 0.3 is 0 Å². The zero-order valence-electron chi connectivity index (χ0n) is 16.2. The van der Waals surface area contributed by atoms with Crippen LogP contribution < -0.4 is 5.32 Å². The third kappa shape index (κ3) is 3.78. The highest BCUT2D eigenvalue weighted by Crippen LogP contribution is 2.33. The van der Waals surface area contributed by atoms with Crippen molar-refractivity contribution in [2.45, 2.75) is 51.1 Å². The first-order valence-electron chi connectivity index (χ1n) is 9.77. The zero-order chi connectivity index (χ0) is 18.7. The van der Waals surface area contributed by atoms with Crippen molar-refractivity contribution >= 4 is 11.8 Å². The van der Waals surface area contributed by atoms with E-state index in [4.69, 9.17) is 0 Å². The number of piperazine rings is 1. The summed E-state index contributed by atoms with van der Waals surface area (Å²) in [6, 6.07) is 9.83. The molecule has 1 spiro atoms. The van der Waals surface area contributed by atoms with E-state index in [1.807, 2.05) is 23.1 Å². The van der Waals surface area contributed by atoms with Gasteiger partial charge in [-0.3, -0.25) is 9.59 Å². The first-order chi connectivity index (χ1) is 12.4. The summed E-state index contributed by atoms with van der Waals surface area (Å²) in [5, 5.41) is 3.05. The molecule has 2 amide bonds. The van der Waals surface area contributed by atoms with Gasteiger partial charge in [0.1, 0.15) is 11.6 Å². The molecular weight excluding hydrogens is 326 g/mol. The summed E-state index contributed by atoms with van der Waals surface area (Å²) in [5.41, 5.74) is 0.529. The number of carbonyl (C=O) groups excluding carboxylic acids is 2. The van der Waals surface area contributed by atoms with E-state index in [1.54, 1.807) is 0 Å². The van der Waals surface area contributed by atoms with Crippen molar-refractivity contribution in [3.05, 3.63) is 35.9 Å². The Balaban J connectivity index is 1.84. The second-order valence-corrected chi connectivity index (χ2v) is 8.22. The summed E-state index contributed by atoms with van der Waals surface area (Å²) in [4.78, 5) is 30.5. The third-order valence-electron chi connectivity index (χ3n) is 5.80. The van der Waals surface area contributed by atoms with Crippen LogP contribution in [0.1, 0.15) is 38.7 Å². The minimum Gasteiger partial charge on any atom is -0.342 e. The Morgan fingerprint density at radius 1 is 1.15 bits per heavy atom. The summed E-state index contributed by atoms with van der Waals surface area (Å²) in [5.74, 6) is 0.509. The second-order valence-electron chi connectivity index (χ2n) is 8.22. The summed E-state index contributed by atoms with van der Waals surface area (Å²) in [6.07, 6.45) is 2.91. The molecule has 2 heterocycles. The molecular formula is C21H31N3O2. The van der Waals surface area contributed by atoms with Crippen molar-refractivity contribution in [1.82, 2.24) is 15.1 Å². The largest absolute Gasteiger partial charge is 0.342 e. The number of piperidine rings is 1. The number of hydrogen-bond acceptors (Lipinski definition) is 3. The number of nitrogens with one attached hydrogen (secondary N) is 1. The smallest absolute Gasteiger partial charge is 0.246 e. The minimum absolute atomic E-state index is 0.0453. The molecule has 2 aliphatic rings. The predicted molar refractivity (Wildman–Crippen MR) is 103 cm³/mol.